The largest absolute Gasteiger partial charge is 0.405 e. The molecule has 4 atom stereocenters. The van der Waals surface area contributed by atoms with E-state index in [1.807, 2.05) is 4.90 Å². The summed E-state index contributed by atoms with van der Waals surface area (Å²) >= 11 is 6.57. The third-order valence-corrected chi connectivity index (χ3v) is 9.33. The number of carbonyl (C=O) groups excluding carboxylic acids is 2. The molecule has 1 aliphatic heterocycles. The highest BCUT2D eigenvalue weighted by molar-refractivity contribution is 6.30. The molecular formula is C26H38ClF3N2O3. The number of rotatable bonds is 6. The number of likely N-dealkylation sites (tertiary alicyclic amines) is 1. The van der Waals surface area contributed by atoms with E-state index in [1.54, 1.807) is 0 Å². The average Bonchev–Trinajstić information content (AvgIpc) is 2.85. The summed E-state index contributed by atoms with van der Waals surface area (Å²) in [6.45, 7) is -0.869. The van der Waals surface area contributed by atoms with E-state index in [-0.39, 0.29) is 36.2 Å². The van der Waals surface area contributed by atoms with Crippen molar-refractivity contribution in [1.29, 1.82) is 0 Å². The van der Waals surface area contributed by atoms with Crippen LogP contribution in [-0.2, 0) is 9.59 Å². The van der Waals surface area contributed by atoms with Crippen molar-refractivity contribution < 1.29 is 27.9 Å². The zero-order valence-corrected chi connectivity index (χ0v) is 21.0. The number of hydrogen-bond donors (Lipinski definition) is 2. The molecule has 3 aliphatic carbocycles. The molecular weight excluding hydrogens is 481 g/mol. The van der Waals surface area contributed by atoms with E-state index in [0.717, 1.165) is 74.8 Å². The molecule has 2 unspecified atom stereocenters. The molecule has 9 heteroatoms. The molecule has 4 rings (SSSR count). The third kappa shape index (κ3) is 6.17. The van der Waals surface area contributed by atoms with Crippen molar-refractivity contribution in [3.8, 4) is 0 Å². The topological polar surface area (TPSA) is 69.6 Å². The zero-order chi connectivity index (χ0) is 25.2. The van der Waals surface area contributed by atoms with Crippen molar-refractivity contribution in [2.75, 3.05) is 19.7 Å². The molecule has 1 saturated heterocycles. The lowest BCUT2D eigenvalue weighted by Crippen LogP contribution is -2.64. The van der Waals surface area contributed by atoms with Gasteiger partial charge in [0.15, 0.2) is 0 Å². The smallest absolute Gasteiger partial charge is 0.396 e. The van der Waals surface area contributed by atoms with Gasteiger partial charge in [0.25, 0.3) is 0 Å². The van der Waals surface area contributed by atoms with Crippen LogP contribution in [0.1, 0.15) is 77.0 Å². The van der Waals surface area contributed by atoms with Gasteiger partial charge < -0.3 is 15.3 Å². The normalized spacial score (nSPS) is 34.5. The molecule has 0 aromatic rings. The van der Waals surface area contributed by atoms with Crippen molar-refractivity contribution in [2.24, 2.45) is 29.6 Å². The van der Waals surface area contributed by atoms with E-state index in [1.165, 1.54) is 0 Å². The van der Waals surface area contributed by atoms with Gasteiger partial charge in [0.05, 0.1) is 5.92 Å². The van der Waals surface area contributed by atoms with Gasteiger partial charge in [-0.3, -0.25) is 9.59 Å². The Labute approximate surface area is 210 Å². The molecule has 198 valence electrons. The first-order chi connectivity index (χ1) is 16.7. The Kier molecular flexibility index (Phi) is 8.73. The lowest BCUT2D eigenvalue weighted by Gasteiger charge is -2.53. The van der Waals surface area contributed by atoms with Gasteiger partial charge in [-0.15, -0.1) is 0 Å². The summed E-state index contributed by atoms with van der Waals surface area (Å²) in [5.41, 5.74) is 1.03. The summed E-state index contributed by atoms with van der Waals surface area (Å²) in [7, 11) is 0. The van der Waals surface area contributed by atoms with Crippen LogP contribution in [0.3, 0.4) is 0 Å². The first kappa shape index (κ1) is 26.8. The van der Waals surface area contributed by atoms with Crippen LogP contribution in [0, 0.1) is 29.6 Å². The van der Waals surface area contributed by atoms with E-state index in [2.05, 4.69) is 5.32 Å². The highest BCUT2D eigenvalue weighted by Crippen LogP contribution is 2.48. The van der Waals surface area contributed by atoms with Crippen LogP contribution in [0.15, 0.2) is 10.6 Å². The third-order valence-electron chi connectivity index (χ3n) is 8.88. The number of nitrogens with one attached hydrogen (secondary N) is 1. The zero-order valence-electron chi connectivity index (χ0n) is 20.3. The number of amides is 2. The molecule has 0 aromatic heterocycles. The number of allylic oxidation sites excluding steroid dienone is 1. The maximum absolute atomic E-state index is 13.9. The van der Waals surface area contributed by atoms with E-state index in [9.17, 15) is 27.9 Å². The van der Waals surface area contributed by atoms with Gasteiger partial charge in [-0.25, -0.2) is 0 Å². The van der Waals surface area contributed by atoms with Gasteiger partial charge in [0, 0.05) is 30.1 Å². The van der Waals surface area contributed by atoms with E-state index >= 15 is 0 Å². The Morgan fingerprint density at radius 1 is 1.03 bits per heavy atom. The number of piperidine rings is 1. The lowest BCUT2D eigenvalue weighted by molar-refractivity contribution is -0.163. The van der Waals surface area contributed by atoms with Crippen molar-refractivity contribution in [3.63, 3.8) is 0 Å². The first-order valence-corrected chi connectivity index (χ1v) is 13.7. The van der Waals surface area contributed by atoms with Crippen LogP contribution in [-0.4, -0.2) is 53.7 Å². The summed E-state index contributed by atoms with van der Waals surface area (Å²) in [6, 6.07) is -0.436. The minimum atomic E-state index is -4.49. The maximum atomic E-state index is 13.9. The van der Waals surface area contributed by atoms with Gasteiger partial charge in [0.2, 0.25) is 11.8 Å². The van der Waals surface area contributed by atoms with Gasteiger partial charge in [-0.05, 0) is 87.5 Å². The fourth-order valence-electron chi connectivity index (χ4n) is 7.10. The molecule has 35 heavy (non-hydrogen) atoms. The molecule has 2 N–H and O–H groups in total. The minimum absolute atomic E-state index is 0.0224. The second-order valence-corrected chi connectivity index (χ2v) is 11.5. The summed E-state index contributed by atoms with van der Waals surface area (Å²) in [5, 5.41) is 12.6. The van der Waals surface area contributed by atoms with Crippen LogP contribution in [0.2, 0.25) is 0 Å². The predicted octanol–water partition coefficient (Wildman–Crippen LogP) is 5.16. The van der Waals surface area contributed by atoms with E-state index in [0.29, 0.717) is 19.4 Å². The van der Waals surface area contributed by atoms with Crippen LogP contribution in [0.5, 0.6) is 0 Å². The molecule has 4 aliphatic rings. The molecule has 2 amide bonds. The predicted molar refractivity (Wildman–Crippen MR) is 127 cm³/mol. The molecule has 0 spiro atoms. The Morgan fingerprint density at radius 2 is 1.71 bits per heavy atom. The van der Waals surface area contributed by atoms with Crippen molar-refractivity contribution >= 4 is 23.4 Å². The maximum Gasteiger partial charge on any atom is 0.405 e. The summed E-state index contributed by atoms with van der Waals surface area (Å²) in [4.78, 5) is 29.2. The van der Waals surface area contributed by atoms with Crippen molar-refractivity contribution in [2.45, 2.75) is 89.3 Å². The number of aliphatic hydroxyl groups is 1. The quantitative estimate of drug-likeness (QED) is 0.510. The molecule has 2 saturated carbocycles. The number of halogens is 4. The number of carbonyl (C=O) groups is 2. The first-order valence-electron chi connectivity index (χ1n) is 13.3. The number of aliphatic hydroxyl groups excluding tert-OH is 1. The number of alkyl halides is 3. The fourth-order valence-corrected chi connectivity index (χ4v) is 7.39. The second kappa shape index (κ2) is 11.4. The summed E-state index contributed by atoms with van der Waals surface area (Å²) < 4.78 is 39.1. The number of fused-ring (bicyclic) bond motifs is 1. The Morgan fingerprint density at radius 3 is 2.37 bits per heavy atom. The average molecular weight is 519 g/mol. The lowest BCUT2D eigenvalue weighted by atomic mass is 9.61. The molecule has 1 heterocycles. The molecule has 5 nitrogen and oxygen atoms in total. The van der Waals surface area contributed by atoms with Gasteiger partial charge in [0.1, 0.15) is 6.54 Å². The van der Waals surface area contributed by atoms with Crippen LogP contribution < -0.4 is 5.32 Å². The molecule has 3 fully saturated rings. The van der Waals surface area contributed by atoms with Crippen LogP contribution >= 0.6 is 11.6 Å². The fraction of sp³-hybridized carbons (Fsp3) is 0.846. The molecule has 0 radical (unpaired) electrons. The Hall–Kier alpha value is -1.28. The number of hydrogen-bond acceptors (Lipinski definition) is 3. The van der Waals surface area contributed by atoms with E-state index < -0.39 is 30.6 Å². The SMILES string of the molecule is O=C(NCC(F)(F)F)[C@@H]1C2CCCCC2C(=O)N(CC2=C(Cl)CCCC2)[C@H]1C1CCC(CO)CC1. The van der Waals surface area contributed by atoms with Crippen LogP contribution in [0.4, 0.5) is 13.2 Å². The Balaban J connectivity index is 1.69. The van der Waals surface area contributed by atoms with Crippen molar-refractivity contribution in [1.82, 2.24) is 10.2 Å². The van der Waals surface area contributed by atoms with Gasteiger partial charge in [-0.1, -0.05) is 24.4 Å². The van der Waals surface area contributed by atoms with Gasteiger partial charge >= 0.3 is 6.18 Å². The second-order valence-electron chi connectivity index (χ2n) is 11.0. The summed E-state index contributed by atoms with van der Waals surface area (Å²) in [5.74, 6) is -1.50. The van der Waals surface area contributed by atoms with Crippen LogP contribution in [0.25, 0.3) is 0 Å². The molecule has 0 bridgehead atoms. The van der Waals surface area contributed by atoms with E-state index in [4.69, 9.17) is 11.6 Å². The minimum Gasteiger partial charge on any atom is -0.396 e. The van der Waals surface area contributed by atoms with Crippen molar-refractivity contribution in [3.05, 3.63) is 10.6 Å². The van der Waals surface area contributed by atoms with Gasteiger partial charge in [-0.2, -0.15) is 13.2 Å². The highest BCUT2D eigenvalue weighted by Gasteiger charge is 2.54. The standard InChI is InChI=1S/C26H38ClF3N2O3/c27-21-8-4-1-5-18(21)13-32-23(17-11-9-16(14-33)10-12-17)22(24(34)31-15-26(28,29)30)19-6-2-3-7-20(19)25(32)35/h16-17,19-20,22-23,33H,1-15H2,(H,31,34)/t16?,17?,19?,20?,22-,23+/m1/s1. The summed E-state index contributed by atoms with van der Waals surface area (Å²) in [6.07, 6.45) is 5.40. The molecule has 0 aromatic carbocycles. The highest BCUT2D eigenvalue weighted by atomic mass is 35.5. The number of nitrogens with zero attached hydrogens (tertiary/aromatic N) is 1. The monoisotopic (exact) mass is 518 g/mol. The Bertz CT molecular complexity index is 810.